The first kappa shape index (κ1) is 22.8. The SMILES string of the molecule is CC(C)(C#Cc1ccc(C#N)cc1)OC(=O)COc1ccc([S+]2CCCC2)c2ccccc12. The molecule has 1 aliphatic heterocycles. The van der Waals surface area contributed by atoms with Gasteiger partial charge in [0.1, 0.15) is 17.3 Å². The van der Waals surface area contributed by atoms with Crippen LogP contribution in [-0.4, -0.2) is 29.7 Å². The Labute approximate surface area is 197 Å². The molecule has 5 heteroatoms. The van der Waals surface area contributed by atoms with Crippen LogP contribution in [-0.2, 0) is 20.4 Å². The molecule has 166 valence electrons. The summed E-state index contributed by atoms with van der Waals surface area (Å²) < 4.78 is 11.4. The van der Waals surface area contributed by atoms with Crippen LogP contribution in [0.4, 0.5) is 0 Å². The average molecular weight is 457 g/mol. The minimum atomic E-state index is -0.968. The summed E-state index contributed by atoms with van der Waals surface area (Å²) in [5.74, 6) is 8.71. The maximum atomic E-state index is 12.5. The highest BCUT2D eigenvalue weighted by atomic mass is 32.2. The van der Waals surface area contributed by atoms with Gasteiger partial charge in [0.2, 0.25) is 0 Å². The molecule has 0 aliphatic carbocycles. The number of esters is 1. The second-order valence-electron chi connectivity index (χ2n) is 8.43. The lowest BCUT2D eigenvalue weighted by Crippen LogP contribution is -2.29. The Kier molecular flexibility index (Phi) is 6.92. The van der Waals surface area contributed by atoms with Gasteiger partial charge < -0.3 is 9.47 Å². The van der Waals surface area contributed by atoms with Crippen LogP contribution < -0.4 is 4.74 Å². The molecule has 0 bridgehead atoms. The Morgan fingerprint density at radius 2 is 1.64 bits per heavy atom. The molecule has 0 saturated carbocycles. The quantitative estimate of drug-likeness (QED) is 0.299. The molecule has 1 heterocycles. The molecule has 4 rings (SSSR count). The van der Waals surface area contributed by atoms with Gasteiger partial charge in [-0.05, 0) is 69.2 Å². The largest absolute Gasteiger partial charge is 0.481 e. The molecule has 33 heavy (non-hydrogen) atoms. The van der Waals surface area contributed by atoms with Gasteiger partial charge in [0.15, 0.2) is 17.1 Å². The fourth-order valence-corrected chi connectivity index (χ4v) is 6.32. The molecular weight excluding hydrogens is 430 g/mol. The van der Waals surface area contributed by atoms with E-state index in [0.717, 1.165) is 10.9 Å². The third-order valence-electron chi connectivity index (χ3n) is 5.42. The molecule has 1 aliphatic rings. The first-order valence-corrected chi connectivity index (χ1v) is 12.6. The molecule has 1 fully saturated rings. The number of rotatable bonds is 5. The lowest BCUT2D eigenvalue weighted by Gasteiger charge is -2.19. The van der Waals surface area contributed by atoms with Crippen molar-refractivity contribution in [2.45, 2.75) is 37.2 Å². The number of fused-ring (bicyclic) bond motifs is 1. The van der Waals surface area contributed by atoms with E-state index in [1.807, 2.05) is 18.2 Å². The summed E-state index contributed by atoms with van der Waals surface area (Å²) in [4.78, 5) is 13.9. The molecular formula is C28H26NO3S+. The van der Waals surface area contributed by atoms with Crippen molar-refractivity contribution in [1.29, 1.82) is 5.26 Å². The van der Waals surface area contributed by atoms with Crippen LogP contribution in [0.5, 0.6) is 5.75 Å². The van der Waals surface area contributed by atoms with Gasteiger partial charge in [-0.25, -0.2) is 4.79 Å². The lowest BCUT2D eigenvalue weighted by atomic mass is 10.1. The Hall–Kier alpha value is -3.41. The predicted molar refractivity (Wildman–Crippen MR) is 132 cm³/mol. The molecule has 0 unspecified atom stereocenters. The van der Waals surface area contributed by atoms with Crippen LogP contribution in [0.2, 0.25) is 0 Å². The van der Waals surface area contributed by atoms with E-state index in [0.29, 0.717) is 22.2 Å². The molecule has 1 saturated heterocycles. The van der Waals surface area contributed by atoms with E-state index < -0.39 is 11.6 Å². The zero-order valence-electron chi connectivity index (χ0n) is 18.9. The van der Waals surface area contributed by atoms with Gasteiger partial charge in [-0.1, -0.05) is 30.0 Å². The number of carbonyl (C=O) groups excluding carboxylic acids is 1. The van der Waals surface area contributed by atoms with Crippen LogP contribution in [0.3, 0.4) is 0 Å². The van der Waals surface area contributed by atoms with Crippen LogP contribution in [0, 0.1) is 23.2 Å². The Morgan fingerprint density at radius 3 is 2.33 bits per heavy atom. The highest BCUT2D eigenvalue weighted by Gasteiger charge is 2.29. The summed E-state index contributed by atoms with van der Waals surface area (Å²) in [5, 5.41) is 11.1. The number of carbonyl (C=O) groups is 1. The van der Waals surface area contributed by atoms with Crippen LogP contribution in [0.15, 0.2) is 65.6 Å². The van der Waals surface area contributed by atoms with Crippen molar-refractivity contribution in [2.24, 2.45) is 0 Å². The van der Waals surface area contributed by atoms with Gasteiger partial charge in [0, 0.05) is 27.2 Å². The van der Waals surface area contributed by atoms with Crippen molar-refractivity contribution in [3.63, 3.8) is 0 Å². The summed E-state index contributed by atoms with van der Waals surface area (Å²) in [5.41, 5.74) is 0.362. The summed E-state index contributed by atoms with van der Waals surface area (Å²) in [6.45, 7) is 3.31. The van der Waals surface area contributed by atoms with E-state index in [4.69, 9.17) is 14.7 Å². The second-order valence-corrected chi connectivity index (χ2v) is 10.7. The maximum Gasteiger partial charge on any atom is 0.345 e. The summed E-state index contributed by atoms with van der Waals surface area (Å²) in [7, 11) is 0.302. The Balaban J connectivity index is 1.42. The standard InChI is InChI=1S/C28H26NO3S/c1-28(2,16-15-21-9-11-22(19-29)12-10-21)32-27(30)20-31-25-13-14-26(33-17-5-6-18-33)24-8-4-3-7-23(24)25/h3-4,7-14H,5-6,17-18,20H2,1-2H3/q+1. The number of nitriles is 1. The summed E-state index contributed by atoms with van der Waals surface area (Å²) >= 11 is 0. The highest BCUT2D eigenvalue weighted by molar-refractivity contribution is 7.97. The van der Waals surface area contributed by atoms with Crippen LogP contribution >= 0.6 is 0 Å². The number of ether oxygens (including phenoxy) is 2. The fourth-order valence-electron chi connectivity index (χ4n) is 3.82. The number of hydrogen-bond acceptors (Lipinski definition) is 4. The molecule has 3 aromatic rings. The number of benzene rings is 3. The zero-order valence-corrected chi connectivity index (χ0v) is 19.7. The topological polar surface area (TPSA) is 59.3 Å². The van der Waals surface area contributed by atoms with E-state index in [-0.39, 0.29) is 6.61 Å². The monoisotopic (exact) mass is 456 g/mol. The Bertz CT molecular complexity index is 1260. The van der Waals surface area contributed by atoms with Gasteiger partial charge in [0.05, 0.1) is 11.6 Å². The first-order valence-electron chi connectivity index (χ1n) is 11.0. The van der Waals surface area contributed by atoms with Gasteiger partial charge in [-0.15, -0.1) is 0 Å². The summed E-state index contributed by atoms with van der Waals surface area (Å²) in [6, 6.07) is 21.4. The van der Waals surface area contributed by atoms with E-state index in [1.165, 1.54) is 34.6 Å². The molecule has 0 N–H and O–H groups in total. The van der Waals surface area contributed by atoms with E-state index >= 15 is 0 Å². The smallest absolute Gasteiger partial charge is 0.345 e. The number of nitrogens with zero attached hydrogens (tertiary/aromatic N) is 1. The van der Waals surface area contributed by atoms with E-state index in [2.05, 4.69) is 36.1 Å². The lowest BCUT2D eigenvalue weighted by molar-refractivity contribution is -0.154. The Morgan fingerprint density at radius 1 is 0.970 bits per heavy atom. The van der Waals surface area contributed by atoms with Crippen molar-refractivity contribution in [2.75, 3.05) is 18.1 Å². The van der Waals surface area contributed by atoms with Gasteiger partial charge in [-0.3, -0.25) is 0 Å². The van der Waals surface area contributed by atoms with Crippen molar-refractivity contribution < 1.29 is 14.3 Å². The third kappa shape index (κ3) is 5.69. The first-order chi connectivity index (χ1) is 15.9. The number of hydrogen-bond donors (Lipinski definition) is 0. The highest BCUT2D eigenvalue weighted by Crippen LogP contribution is 2.34. The molecule has 0 atom stereocenters. The van der Waals surface area contributed by atoms with Crippen LogP contribution in [0.25, 0.3) is 10.8 Å². The van der Waals surface area contributed by atoms with Crippen molar-refractivity contribution >= 4 is 27.6 Å². The van der Waals surface area contributed by atoms with E-state index in [1.54, 1.807) is 38.1 Å². The van der Waals surface area contributed by atoms with Crippen molar-refractivity contribution in [3.8, 4) is 23.7 Å². The van der Waals surface area contributed by atoms with Crippen molar-refractivity contribution in [1.82, 2.24) is 0 Å². The molecule has 0 radical (unpaired) electrons. The third-order valence-corrected chi connectivity index (χ3v) is 7.96. The van der Waals surface area contributed by atoms with E-state index in [9.17, 15) is 4.79 Å². The summed E-state index contributed by atoms with van der Waals surface area (Å²) in [6.07, 6.45) is 2.59. The maximum absolute atomic E-state index is 12.5. The molecule has 0 amide bonds. The molecule has 3 aromatic carbocycles. The second kappa shape index (κ2) is 10.0. The van der Waals surface area contributed by atoms with Crippen molar-refractivity contribution in [3.05, 3.63) is 71.8 Å². The average Bonchev–Trinajstić information content (AvgIpc) is 3.36. The zero-order chi connectivity index (χ0) is 23.3. The molecule has 4 nitrogen and oxygen atoms in total. The minimum Gasteiger partial charge on any atom is -0.481 e. The van der Waals surface area contributed by atoms with Crippen LogP contribution in [0.1, 0.15) is 37.8 Å². The minimum absolute atomic E-state index is 0.184. The normalized spacial score (nSPS) is 13.7. The molecule has 0 spiro atoms. The predicted octanol–water partition coefficient (Wildman–Crippen LogP) is 5.23. The fraction of sp³-hybridized carbons (Fsp3) is 0.286. The van der Waals surface area contributed by atoms with Gasteiger partial charge in [-0.2, -0.15) is 5.26 Å². The van der Waals surface area contributed by atoms with Gasteiger partial charge in [0.25, 0.3) is 0 Å². The molecule has 0 aromatic heterocycles. The van der Waals surface area contributed by atoms with Gasteiger partial charge >= 0.3 is 5.97 Å².